The van der Waals surface area contributed by atoms with Crippen molar-refractivity contribution < 1.29 is 14.9 Å². The second kappa shape index (κ2) is 8.29. The molecular weight excluding hydrogens is 302 g/mol. The number of benzene rings is 2. The van der Waals surface area contributed by atoms with Gasteiger partial charge in [-0.3, -0.25) is 4.90 Å². The molecule has 0 bridgehead atoms. The first-order valence-electron chi connectivity index (χ1n) is 8.56. The van der Waals surface area contributed by atoms with Crippen LogP contribution in [0.25, 0.3) is 0 Å². The molecule has 2 aromatic rings. The number of β-amino-alcohol motifs (C(OH)–C–C–N with tert-alkyl or cyclic N) is 2. The third-order valence-corrected chi connectivity index (χ3v) is 4.42. The molecule has 0 aliphatic carbocycles. The molecule has 1 aliphatic rings. The average molecular weight is 327 g/mol. The van der Waals surface area contributed by atoms with Gasteiger partial charge in [0.05, 0.1) is 12.2 Å². The zero-order valence-corrected chi connectivity index (χ0v) is 13.8. The van der Waals surface area contributed by atoms with Gasteiger partial charge in [0.2, 0.25) is 0 Å². The van der Waals surface area contributed by atoms with Crippen LogP contribution in [0.5, 0.6) is 5.75 Å². The quantitative estimate of drug-likeness (QED) is 0.857. The van der Waals surface area contributed by atoms with Gasteiger partial charge in [0.1, 0.15) is 12.4 Å². The molecule has 24 heavy (non-hydrogen) atoms. The third kappa shape index (κ3) is 4.81. The Morgan fingerprint density at radius 3 is 2.54 bits per heavy atom. The molecule has 1 fully saturated rings. The minimum Gasteiger partial charge on any atom is -0.489 e. The Kier molecular flexibility index (Phi) is 5.86. The number of likely N-dealkylation sites (tertiary alicyclic amines) is 1. The zero-order chi connectivity index (χ0) is 16.8. The van der Waals surface area contributed by atoms with Crippen LogP contribution in [0.15, 0.2) is 54.6 Å². The number of piperidine rings is 1. The number of aliphatic hydroxyl groups is 2. The summed E-state index contributed by atoms with van der Waals surface area (Å²) in [5.41, 5.74) is 2.01. The standard InChI is InChI=1S/C20H25NO3/c22-18-7-4-12-21(13-18)14-20(23)17-8-10-19(11-9-17)24-15-16-5-2-1-3-6-16/h1-3,5-6,8-11,18,20,22-23H,4,7,12-15H2/t18-,20+/m1/s1. The summed E-state index contributed by atoms with van der Waals surface area (Å²) in [6.07, 6.45) is 1.04. The van der Waals surface area contributed by atoms with Gasteiger partial charge in [-0.2, -0.15) is 0 Å². The number of nitrogens with zero attached hydrogens (tertiary/aromatic N) is 1. The molecule has 3 rings (SSSR count). The highest BCUT2D eigenvalue weighted by Crippen LogP contribution is 2.21. The molecule has 0 radical (unpaired) electrons. The summed E-state index contributed by atoms with van der Waals surface area (Å²) in [5.74, 6) is 0.795. The molecule has 4 nitrogen and oxygen atoms in total. The Labute approximate surface area is 143 Å². The molecule has 4 heteroatoms. The van der Waals surface area contributed by atoms with Crippen molar-refractivity contribution in [2.45, 2.75) is 31.7 Å². The van der Waals surface area contributed by atoms with Crippen LogP contribution in [0.3, 0.4) is 0 Å². The number of rotatable bonds is 6. The van der Waals surface area contributed by atoms with Gasteiger partial charge in [0.15, 0.2) is 0 Å². The summed E-state index contributed by atoms with van der Waals surface area (Å²) >= 11 is 0. The Bertz CT molecular complexity index is 615. The third-order valence-electron chi connectivity index (χ3n) is 4.42. The minimum absolute atomic E-state index is 0.264. The van der Waals surface area contributed by atoms with E-state index in [1.54, 1.807) is 0 Å². The van der Waals surface area contributed by atoms with Gasteiger partial charge in [-0.25, -0.2) is 0 Å². The first-order valence-corrected chi connectivity index (χ1v) is 8.56. The smallest absolute Gasteiger partial charge is 0.119 e. The predicted octanol–water partition coefficient (Wildman–Crippen LogP) is 2.76. The second-order valence-corrected chi connectivity index (χ2v) is 6.41. The Morgan fingerprint density at radius 1 is 1.08 bits per heavy atom. The van der Waals surface area contributed by atoms with Crippen molar-refractivity contribution in [3.8, 4) is 5.75 Å². The van der Waals surface area contributed by atoms with E-state index < -0.39 is 6.10 Å². The normalized spacial score (nSPS) is 19.8. The number of hydrogen-bond donors (Lipinski definition) is 2. The van der Waals surface area contributed by atoms with E-state index in [1.807, 2.05) is 54.6 Å². The van der Waals surface area contributed by atoms with E-state index in [1.165, 1.54) is 0 Å². The lowest BCUT2D eigenvalue weighted by molar-refractivity contribution is 0.0392. The maximum absolute atomic E-state index is 10.4. The molecule has 2 N–H and O–H groups in total. The van der Waals surface area contributed by atoms with Gasteiger partial charge >= 0.3 is 0 Å². The van der Waals surface area contributed by atoms with Crippen molar-refractivity contribution in [3.63, 3.8) is 0 Å². The fourth-order valence-electron chi connectivity index (χ4n) is 3.07. The van der Waals surface area contributed by atoms with Gasteiger partial charge in [-0.05, 0) is 42.6 Å². The van der Waals surface area contributed by atoms with Crippen molar-refractivity contribution in [2.24, 2.45) is 0 Å². The van der Waals surface area contributed by atoms with Gasteiger partial charge in [-0.1, -0.05) is 42.5 Å². The highest BCUT2D eigenvalue weighted by atomic mass is 16.5. The number of ether oxygens (including phenoxy) is 1. The van der Waals surface area contributed by atoms with Crippen LogP contribution in [0, 0.1) is 0 Å². The van der Waals surface area contributed by atoms with E-state index in [9.17, 15) is 10.2 Å². The van der Waals surface area contributed by atoms with Crippen LogP contribution >= 0.6 is 0 Å². The van der Waals surface area contributed by atoms with Gasteiger partial charge in [0, 0.05) is 13.1 Å². The number of hydrogen-bond acceptors (Lipinski definition) is 4. The van der Waals surface area contributed by atoms with Crippen molar-refractivity contribution >= 4 is 0 Å². The fourth-order valence-corrected chi connectivity index (χ4v) is 3.07. The topological polar surface area (TPSA) is 52.9 Å². The van der Waals surface area contributed by atoms with E-state index in [-0.39, 0.29) is 6.10 Å². The van der Waals surface area contributed by atoms with E-state index >= 15 is 0 Å². The molecule has 0 spiro atoms. The highest BCUT2D eigenvalue weighted by molar-refractivity contribution is 5.29. The van der Waals surface area contributed by atoms with Crippen LogP contribution in [0.2, 0.25) is 0 Å². The average Bonchev–Trinajstić information content (AvgIpc) is 2.61. The monoisotopic (exact) mass is 327 g/mol. The molecule has 0 amide bonds. The van der Waals surface area contributed by atoms with Gasteiger partial charge in [0.25, 0.3) is 0 Å². The molecule has 128 valence electrons. The molecular formula is C20H25NO3. The van der Waals surface area contributed by atoms with E-state index in [2.05, 4.69) is 4.90 Å². The predicted molar refractivity (Wildman–Crippen MR) is 93.9 cm³/mol. The maximum atomic E-state index is 10.4. The van der Waals surface area contributed by atoms with Gasteiger partial charge in [-0.15, -0.1) is 0 Å². The van der Waals surface area contributed by atoms with Crippen LogP contribution in [-0.4, -0.2) is 40.9 Å². The second-order valence-electron chi connectivity index (χ2n) is 6.41. The van der Waals surface area contributed by atoms with E-state index in [4.69, 9.17) is 4.74 Å². The molecule has 2 atom stereocenters. The van der Waals surface area contributed by atoms with Crippen LogP contribution in [0.1, 0.15) is 30.1 Å². The fraction of sp³-hybridized carbons (Fsp3) is 0.400. The molecule has 1 saturated heterocycles. The largest absolute Gasteiger partial charge is 0.489 e. The summed E-state index contributed by atoms with van der Waals surface area (Å²) in [5, 5.41) is 20.1. The van der Waals surface area contributed by atoms with Crippen LogP contribution in [-0.2, 0) is 6.61 Å². The molecule has 2 aromatic carbocycles. The maximum Gasteiger partial charge on any atom is 0.119 e. The van der Waals surface area contributed by atoms with Crippen LogP contribution < -0.4 is 4.74 Å². The first kappa shape index (κ1) is 17.0. The summed E-state index contributed by atoms with van der Waals surface area (Å²) in [6.45, 7) is 2.68. The van der Waals surface area contributed by atoms with Gasteiger partial charge < -0.3 is 14.9 Å². The summed E-state index contributed by atoms with van der Waals surface area (Å²) in [6, 6.07) is 17.7. The molecule has 1 heterocycles. The Hall–Kier alpha value is -1.88. The minimum atomic E-state index is -0.543. The summed E-state index contributed by atoms with van der Waals surface area (Å²) in [4.78, 5) is 2.12. The SMILES string of the molecule is O[C@@H]1CCCN(C[C@H](O)c2ccc(OCc3ccccc3)cc2)C1. The van der Waals surface area contributed by atoms with Crippen LogP contribution in [0.4, 0.5) is 0 Å². The molecule has 0 saturated carbocycles. The van der Waals surface area contributed by atoms with Crippen molar-refractivity contribution in [1.82, 2.24) is 4.90 Å². The van der Waals surface area contributed by atoms with Crippen molar-refractivity contribution in [1.29, 1.82) is 0 Å². The Balaban J connectivity index is 1.51. The lowest BCUT2D eigenvalue weighted by Gasteiger charge is -2.31. The molecule has 0 aromatic heterocycles. The summed E-state index contributed by atoms with van der Waals surface area (Å²) < 4.78 is 5.77. The number of aliphatic hydroxyl groups excluding tert-OH is 2. The molecule has 0 unspecified atom stereocenters. The van der Waals surface area contributed by atoms with Crippen molar-refractivity contribution in [2.75, 3.05) is 19.6 Å². The lowest BCUT2D eigenvalue weighted by atomic mass is 10.1. The first-order chi connectivity index (χ1) is 11.7. The molecule has 1 aliphatic heterocycles. The Morgan fingerprint density at radius 2 is 1.83 bits per heavy atom. The van der Waals surface area contributed by atoms with E-state index in [0.717, 1.165) is 36.3 Å². The highest BCUT2D eigenvalue weighted by Gasteiger charge is 2.20. The lowest BCUT2D eigenvalue weighted by Crippen LogP contribution is -2.40. The zero-order valence-electron chi connectivity index (χ0n) is 13.8. The van der Waals surface area contributed by atoms with Crippen molar-refractivity contribution in [3.05, 3.63) is 65.7 Å². The summed E-state index contributed by atoms with van der Waals surface area (Å²) in [7, 11) is 0. The van der Waals surface area contributed by atoms with E-state index in [0.29, 0.717) is 19.7 Å².